The summed E-state index contributed by atoms with van der Waals surface area (Å²) < 4.78 is 13.0. The SMILES string of the molecule is O=C(Nc1ccc(-c2csc(Nc3ccc(F)cc3)n2)cc1)c1ccc(Cl)c([N+](=O)[O-])c1. The van der Waals surface area contributed by atoms with E-state index in [9.17, 15) is 19.3 Å². The summed E-state index contributed by atoms with van der Waals surface area (Å²) in [5.41, 5.74) is 2.63. The molecule has 0 spiro atoms. The molecule has 0 unspecified atom stereocenters. The molecular formula is C22H14ClFN4O3S. The monoisotopic (exact) mass is 468 g/mol. The lowest BCUT2D eigenvalue weighted by molar-refractivity contribution is -0.384. The van der Waals surface area contributed by atoms with Gasteiger partial charge in [0.15, 0.2) is 5.13 Å². The lowest BCUT2D eigenvalue weighted by atomic mass is 10.1. The van der Waals surface area contributed by atoms with Crippen LogP contribution in [0.3, 0.4) is 0 Å². The van der Waals surface area contributed by atoms with Gasteiger partial charge in [-0.2, -0.15) is 0 Å². The zero-order chi connectivity index (χ0) is 22.7. The summed E-state index contributed by atoms with van der Waals surface area (Å²) >= 11 is 7.20. The lowest BCUT2D eigenvalue weighted by Gasteiger charge is -2.06. The molecule has 0 fully saturated rings. The minimum Gasteiger partial charge on any atom is -0.332 e. The normalized spacial score (nSPS) is 10.6. The molecule has 32 heavy (non-hydrogen) atoms. The first kappa shape index (κ1) is 21.4. The van der Waals surface area contributed by atoms with Crippen molar-refractivity contribution in [3.63, 3.8) is 0 Å². The molecule has 10 heteroatoms. The fourth-order valence-corrected chi connectivity index (χ4v) is 3.77. The number of halogens is 2. The predicted molar refractivity (Wildman–Crippen MR) is 123 cm³/mol. The Kier molecular flexibility index (Phi) is 6.11. The molecule has 1 heterocycles. The maximum Gasteiger partial charge on any atom is 0.288 e. The number of nitro groups is 1. The summed E-state index contributed by atoms with van der Waals surface area (Å²) in [5, 5.41) is 19.3. The third-order valence-corrected chi connectivity index (χ3v) is 5.52. The van der Waals surface area contributed by atoms with Crippen molar-refractivity contribution in [2.24, 2.45) is 0 Å². The van der Waals surface area contributed by atoms with E-state index in [0.29, 0.717) is 10.8 Å². The number of thiazole rings is 1. The van der Waals surface area contributed by atoms with Crippen molar-refractivity contribution in [3.8, 4) is 11.3 Å². The van der Waals surface area contributed by atoms with Crippen LogP contribution in [0.15, 0.2) is 72.1 Å². The Morgan fingerprint density at radius 2 is 1.72 bits per heavy atom. The minimum atomic E-state index is -0.638. The van der Waals surface area contributed by atoms with Gasteiger partial charge < -0.3 is 10.6 Å². The van der Waals surface area contributed by atoms with Crippen molar-refractivity contribution >= 4 is 51.0 Å². The molecule has 0 aliphatic rings. The third-order valence-electron chi connectivity index (χ3n) is 4.44. The molecule has 0 aliphatic carbocycles. The van der Waals surface area contributed by atoms with Crippen LogP contribution in [-0.2, 0) is 0 Å². The number of anilines is 3. The summed E-state index contributed by atoms with van der Waals surface area (Å²) in [6, 6.07) is 16.9. The number of hydrogen-bond donors (Lipinski definition) is 2. The largest absolute Gasteiger partial charge is 0.332 e. The molecule has 160 valence electrons. The van der Waals surface area contributed by atoms with Crippen LogP contribution in [0.5, 0.6) is 0 Å². The minimum absolute atomic E-state index is 0.0348. The van der Waals surface area contributed by atoms with Crippen LogP contribution in [0.4, 0.5) is 26.6 Å². The number of carbonyl (C=O) groups excluding carboxylic acids is 1. The van der Waals surface area contributed by atoms with Crippen molar-refractivity contribution in [2.45, 2.75) is 0 Å². The average Bonchev–Trinajstić information content (AvgIpc) is 3.24. The molecule has 4 rings (SSSR count). The predicted octanol–water partition coefficient (Wildman–Crippen LogP) is 6.51. The number of amides is 1. The van der Waals surface area contributed by atoms with E-state index in [0.717, 1.165) is 23.0 Å². The van der Waals surface area contributed by atoms with Gasteiger partial charge in [0, 0.05) is 33.9 Å². The van der Waals surface area contributed by atoms with Crippen LogP contribution in [0.25, 0.3) is 11.3 Å². The van der Waals surface area contributed by atoms with Crippen LogP contribution >= 0.6 is 22.9 Å². The zero-order valence-corrected chi connectivity index (χ0v) is 17.8. The van der Waals surface area contributed by atoms with Gasteiger partial charge in [-0.05, 0) is 48.5 Å². The van der Waals surface area contributed by atoms with E-state index in [1.165, 1.54) is 35.6 Å². The fourth-order valence-electron chi connectivity index (χ4n) is 2.84. The molecule has 0 aliphatic heterocycles. The van der Waals surface area contributed by atoms with Crippen molar-refractivity contribution in [1.82, 2.24) is 4.98 Å². The number of nitrogens with one attached hydrogen (secondary N) is 2. The highest BCUT2D eigenvalue weighted by Crippen LogP contribution is 2.29. The van der Waals surface area contributed by atoms with Gasteiger partial charge in [0.2, 0.25) is 0 Å². The Labute approximate surface area is 190 Å². The molecule has 0 bridgehead atoms. The second-order valence-corrected chi connectivity index (χ2v) is 7.89. The van der Waals surface area contributed by atoms with Crippen molar-refractivity contribution in [3.05, 3.63) is 98.6 Å². The number of hydrogen-bond acceptors (Lipinski definition) is 6. The fraction of sp³-hybridized carbons (Fsp3) is 0. The Morgan fingerprint density at radius 3 is 2.41 bits per heavy atom. The second kappa shape index (κ2) is 9.13. The molecule has 3 aromatic carbocycles. The first-order valence-electron chi connectivity index (χ1n) is 9.23. The molecule has 0 saturated heterocycles. The van der Waals surface area contributed by atoms with E-state index in [1.54, 1.807) is 36.4 Å². The van der Waals surface area contributed by atoms with Crippen LogP contribution in [0.1, 0.15) is 10.4 Å². The van der Waals surface area contributed by atoms with Gasteiger partial charge in [0.05, 0.1) is 10.6 Å². The lowest BCUT2D eigenvalue weighted by Crippen LogP contribution is -2.12. The number of benzene rings is 3. The Morgan fingerprint density at radius 1 is 1.03 bits per heavy atom. The second-order valence-electron chi connectivity index (χ2n) is 6.62. The Balaban J connectivity index is 1.44. The van der Waals surface area contributed by atoms with Gasteiger partial charge >= 0.3 is 0 Å². The van der Waals surface area contributed by atoms with Crippen LogP contribution in [-0.4, -0.2) is 15.8 Å². The summed E-state index contributed by atoms with van der Waals surface area (Å²) in [5.74, 6) is -0.797. The maximum absolute atomic E-state index is 13.0. The van der Waals surface area contributed by atoms with Crippen molar-refractivity contribution in [2.75, 3.05) is 10.6 Å². The quantitative estimate of drug-likeness (QED) is 0.248. The molecule has 0 atom stereocenters. The molecular weight excluding hydrogens is 455 g/mol. The number of nitrogens with zero attached hydrogens (tertiary/aromatic N) is 2. The van der Waals surface area contributed by atoms with Gasteiger partial charge in [-0.1, -0.05) is 23.7 Å². The van der Waals surface area contributed by atoms with E-state index < -0.39 is 10.8 Å². The van der Waals surface area contributed by atoms with E-state index in [-0.39, 0.29) is 22.1 Å². The first-order chi connectivity index (χ1) is 15.4. The summed E-state index contributed by atoms with van der Waals surface area (Å²) in [6.07, 6.45) is 0. The molecule has 2 N–H and O–H groups in total. The third kappa shape index (κ3) is 4.90. The average molecular weight is 469 g/mol. The van der Waals surface area contributed by atoms with Crippen molar-refractivity contribution < 1.29 is 14.1 Å². The van der Waals surface area contributed by atoms with Gasteiger partial charge in [0.1, 0.15) is 10.8 Å². The van der Waals surface area contributed by atoms with Crippen LogP contribution in [0.2, 0.25) is 5.02 Å². The van der Waals surface area contributed by atoms with Crippen LogP contribution < -0.4 is 10.6 Å². The van der Waals surface area contributed by atoms with E-state index >= 15 is 0 Å². The van der Waals surface area contributed by atoms with E-state index in [1.807, 2.05) is 5.38 Å². The first-order valence-corrected chi connectivity index (χ1v) is 10.5. The summed E-state index contributed by atoms with van der Waals surface area (Å²) in [4.78, 5) is 27.3. The Bertz CT molecular complexity index is 1290. The number of carbonyl (C=O) groups is 1. The van der Waals surface area contributed by atoms with Crippen molar-refractivity contribution in [1.29, 1.82) is 0 Å². The number of rotatable bonds is 6. The molecule has 4 aromatic rings. The molecule has 1 amide bonds. The smallest absolute Gasteiger partial charge is 0.288 e. The van der Waals surface area contributed by atoms with Gasteiger partial charge in [0.25, 0.3) is 11.6 Å². The highest BCUT2D eigenvalue weighted by Gasteiger charge is 2.16. The highest BCUT2D eigenvalue weighted by atomic mass is 35.5. The molecule has 1 aromatic heterocycles. The zero-order valence-electron chi connectivity index (χ0n) is 16.2. The Hall–Kier alpha value is -3.82. The molecule has 7 nitrogen and oxygen atoms in total. The van der Waals surface area contributed by atoms with Crippen LogP contribution in [0, 0.1) is 15.9 Å². The maximum atomic E-state index is 13.0. The molecule has 0 saturated carbocycles. The standard InChI is InChI=1S/C22H14ClFN4O3S/c23-18-10-3-14(11-20(18)28(30)31)21(29)25-16-6-1-13(2-7-16)19-12-32-22(27-19)26-17-8-4-15(24)5-9-17/h1-12H,(H,25,29)(H,26,27). The summed E-state index contributed by atoms with van der Waals surface area (Å²) in [6.45, 7) is 0. The van der Waals surface area contributed by atoms with Gasteiger partial charge in [-0.25, -0.2) is 9.37 Å². The highest BCUT2D eigenvalue weighted by molar-refractivity contribution is 7.14. The molecule has 0 radical (unpaired) electrons. The van der Waals surface area contributed by atoms with E-state index in [4.69, 9.17) is 11.6 Å². The number of aromatic nitrogens is 1. The van der Waals surface area contributed by atoms with E-state index in [2.05, 4.69) is 15.6 Å². The van der Waals surface area contributed by atoms with Gasteiger partial charge in [-0.3, -0.25) is 14.9 Å². The summed E-state index contributed by atoms with van der Waals surface area (Å²) in [7, 11) is 0. The number of nitro benzene ring substituents is 1. The topological polar surface area (TPSA) is 97.2 Å². The van der Waals surface area contributed by atoms with Gasteiger partial charge in [-0.15, -0.1) is 11.3 Å².